The Labute approximate surface area is 222 Å². The molecule has 0 heterocycles. The molecule has 0 aliphatic heterocycles. The monoisotopic (exact) mass is 502 g/mol. The van der Waals surface area contributed by atoms with Crippen molar-refractivity contribution in [1.82, 2.24) is 0 Å². The molecule has 0 saturated heterocycles. The van der Waals surface area contributed by atoms with E-state index in [1.54, 1.807) is 20.3 Å². The van der Waals surface area contributed by atoms with Crippen molar-refractivity contribution >= 4 is 10.8 Å². The number of fused-ring (bicyclic) bond motifs is 8. The van der Waals surface area contributed by atoms with Gasteiger partial charge in [-0.25, -0.2) is 0 Å². The van der Waals surface area contributed by atoms with E-state index in [2.05, 4.69) is 56.3 Å². The minimum atomic E-state index is -0.148. The van der Waals surface area contributed by atoms with Crippen molar-refractivity contribution in [2.24, 2.45) is 0 Å². The molecule has 2 aliphatic rings. The lowest BCUT2D eigenvalue weighted by Crippen LogP contribution is -2.14. The van der Waals surface area contributed by atoms with Crippen LogP contribution in [0.1, 0.15) is 36.1 Å². The summed E-state index contributed by atoms with van der Waals surface area (Å²) in [5, 5.41) is 22.2. The second-order valence-electron chi connectivity index (χ2n) is 10.4. The van der Waals surface area contributed by atoms with Gasteiger partial charge >= 0.3 is 0 Å². The number of hydrogen-bond acceptors (Lipinski definition) is 4. The molecule has 5 aromatic rings. The van der Waals surface area contributed by atoms with Crippen LogP contribution >= 0.6 is 0 Å². The van der Waals surface area contributed by atoms with Crippen molar-refractivity contribution in [3.63, 3.8) is 0 Å². The van der Waals surface area contributed by atoms with E-state index in [0.29, 0.717) is 17.2 Å². The fraction of sp³-hybridized carbons (Fsp3) is 0.176. The Morgan fingerprint density at radius 2 is 1.24 bits per heavy atom. The van der Waals surface area contributed by atoms with Crippen LogP contribution in [0.5, 0.6) is 23.0 Å². The van der Waals surface area contributed by atoms with Crippen molar-refractivity contribution in [2.45, 2.75) is 25.7 Å². The molecule has 0 unspecified atom stereocenters. The van der Waals surface area contributed by atoms with E-state index in [0.717, 1.165) is 28.3 Å². The third-order valence-electron chi connectivity index (χ3n) is 7.96. The van der Waals surface area contributed by atoms with Gasteiger partial charge in [-0.1, -0.05) is 74.5 Å². The van der Waals surface area contributed by atoms with Crippen LogP contribution in [-0.2, 0) is 11.8 Å². The summed E-state index contributed by atoms with van der Waals surface area (Å²) in [6, 6.07) is 28.1. The van der Waals surface area contributed by atoms with E-state index in [9.17, 15) is 10.2 Å². The summed E-state index contributed by atoms with van der Waals surface area (Å²) in [5.41, 5.74) is 9.39. The summed E-state index contributed by atoms with van der Waals surface area (Å²) >= 11 is 0. The summed E-state index contributed by atoms with van der Waals surface area (Å²) in [4.78, 5) is 0. The summed E-state index contributed by atoms with van der Waals surface area (Å²) < 4.78 is 10.9. The number of methoxy groups -OCH3 is 2. The first-order valence-corrected chi connectivity index (χ1v) is 12.8. The summed E-state index contributed by atoms with van der Waals surface area (Å²) in [6.07, 6.45) is 0.944. The first-order chi connectivity index (χ1) is 18.3. The van der Waals surface area contributed by atoms with Gasteiger partial charge < -0.3 is 19.7 Å². The Kier molecular flexibility index (Phi) is 5.57. The van der Waals surface area contributed by atoms with Gasteiger partial charge in [0.15, 0.2) is 11.5 Å². The van der Waals surface area contributed by atoms with Crippen LogP contribution in [0.4, 0.5) is 0 Å². The van der Waals surface area contributed by atoms with Gasteiger partial charge in [0.05, 0.1) is 14.2 Å². The maximum Gasteiger partial charge on any atom is 0.161 e. The zero-order chi connectivity index (χ0) is 26.6. The molecule has 190 valence electrons. The van der Waals surface area contributed by atoms with Crippen LogP contribution in [0, 0.1) is 0 Å². The Balaban J connectivity index is 0.000000159. The number of aromatic hydroxyl groups is 2. The van der Waals surface area contributed by atoms with Gasteiger partial charge in [-0.2, -0.15) is 0 Å². The lowest BCUT2D eigenvalue weighted by molar-refractivity contribution is 0.355. The summed E-state index contributed by atoms with van der Waals surface area (Å²) in [5.74, 6) is 1.95. The third kappa shape index (κ3) is 3.52. The highest BCUT2D eigenvalue weighted by molar-refractivity contribution is 6.06. The number of ether oxygens (including phenoxy) is 2. The fourth-order valence-electron chi connectivity index (χ4n) is 6.07. The van der Waals surface area contributed by atoms with Crippen LogP contribution in [0.2, 0.25) is 0 Å². The number of rotatable bonds is 2. The third-order valence-corrected chi connectivity index (χ3v) is 7.96. The average Bonchev–Trinajstić information content (AvgIpc) is 3.42. The SMILES string of the molecule is COc1cc2c(O)cc3c(c2cc1OC)-c1ccccc1C3(C)C.Oc1cccc2c1-c1ccccc1C2. The van der Waals surface area contributed by atoms with Crippen LogP contribution in [-0.4, -0.2) is 24.4 Å². The molecule has 5 aromatic carbocycles. The second-order valence-corrected chi connectivity index (χ2v) is 10.4. The van der Waals surface area contributed by atoms with Gasteiger partial charge in [0.25, 0.3) is 0 Å². The highest BCUT2D eigenvalue weighted by Gasteiger charge is 2.37. The molecule has 0 saturated carbocycles. The summed E-state index contributed by atoms with van der Waals surface area (Å²) in [6.45, 7) is 4.40. The first-order valence-electron chi connectivity index (χ1n) is 12.8. The molecule has 0 fully saturated rings. The molecule has 0 spiro atoms. The molecule has 4 nitrogen and oxygen atoms in total. The van der Waals surface area contributed by atoms with E-state index < -0.39 is 0 Å². The van der Waals surface area contributed by atoms with Gasteiger partial charge in [-0.15, -0.1) is 0 Å². The Morgan fingerprint density at radius 3 is 1.97 bits per heavy atom. The van der Waals surface area contributed by atoms with Gasteiger partial charge in [0, 0.05) is 16.4 Å². The molecule has 7 rings (SSSR count). The van der Waals surface area contributed by atoms with E-state index >= 15 is 0 Å². The van der Waals surface area contributed by atoms with Crippen molar-refractivity contribution in [1.29, 1.82) is 0 Å². The van der Waals surface area contributed by atoms with E-state index in [1.165, 1.54) is 33.4 Å². The highest BCUT2D eigenvalue weighted by atomic mass is 16.5. The second kappa shape index (κ2) is 8.84. The van der Waals surface area contributed by atoms with Gasteiger partial charge in [-0.3, -0.25) is 0 Å². The Hall–Kier alpha value is -4.44. The van der Waals surface area contributed by atoms with Crippen LogP contribution in [0.25, 0.3) is 33.0 Å². The smallest absolute Gasteiger partial charge is 0.161 e. The molecule has 0 radical (unpaired) electrons. The highest BCUT2D eigenvalue weighted by Crippen LogP contribution is 2.54. The van der Waals surface area contributed by atoms with Crippen molar-refractivity contribution in [2.75, 3.05) is 14.2 Å². The standard InChI is InChI=1S/C21H20O3.C13H10O/c1-21(2)15-8-6-5-7-12(15)20-14-10-19(24-4)18(23-3)9-13(14)17(22)11-16(20)21;14-12-7-3-5-10-8-9-4-1-2-6-11(9)13(10)12/h5-11,22H,1-4H3;1-7,14H,8H2. The summed E-state index contributed by atoms with van der Waals surface area (Å²) in [7, 11) is 3.23. The molecular formula is C34H30O4. The molecule has 0 amide bonds. The first kappa shape index (κ1) is 23.9. The molecule has 4 heteroatoms. The Morgan fingerprint density at radius 1 is 0.605 bits per heavy atom. The zero-order valence-electron chi connectivity index (χ0n) is 22.0. The molecule has 0 aromatic heterocycles. The predicted octanol–water partition coefficient (Wildman–Crippen LogP) is 7.83. The van der Waals surface area contributed by atoms with Gasteiger partial charge in [0.2, 0.25) is 0 Å². The van der Waals surface area contributed by atoms with E-state index in [4.69, 9.17) is 9.47 Å². The molecule has 0 atom stereocenters. The number of phenols is 2. The van der Waals surface area contributed by atoms with Crippen molar-refractivity contribution in [3.05, 3.63) is 107 Å². The normalized spacial score (nSPS) is 13.6. The Bertz CT molecular complexity index is 1710. The van der Waals surface area contributed by atoms with Crippen molar-refractivity contribution < 1.29 is 19.7 Å². The quantitative estimate of drug-likeness (QED) is 0.253. The number of benzene rings is 5. The van der Waals surface area contributed by atoms with Crippen LogP contribution < -0.4 is 9.47 Å². The van der Waals surface area contributed by atoms with Crippen LogP contribution in [0.3, 0.4) is 0 Å². The van der Waals surface area contributed by atoms with E-state index in [-0.39, 0.29) is 11.2 Å². The molecular weight excluding hydrogens is 472 g/mol. The lowest BCUT2D eigenvalue weighted by atomic mass is 9.82. The number of phenolic OH excluding ortho intramolecular Hbond substituents is 2. The maximum absolute atomic E-state index is 10.6. The maximum atomic E-state index is 10.6. The molecule has 38 heavy (non-hydrogen) atoms. The molecule has 2 aliphatic carbocycles. The zero-order valence-corrected chi connectivity index (χ0v) is 22.0. The fourth-order valence-corrected chi connectivity index (χ4v) is 6.07. The van der Waals surface area contributed by atoms with Crippen LogP contribution in [0.15, 0.2) is 84.9 Å². The van der Waals surface area contributed by atoms with Crippen molar-refractivity contribution in [3.8, 4) is 45.3 Å². The lowest BCUT2D eigenvalue weighted by Gasteiger charge is -2.22. The largest absolute Gasteiger partial charge is 0.507 e. The van der Waals surface area contributed by atoms with Gasteiger partial charge in [-0.05, 0) is 75.0 Å². The van der Waals surface area contributed by atoms with E-state index in [1.807, 2.05) is 36.4 Å². The number of hydrogen-bond donors (Lipinski definition) is 2. The topological polar surface area (TPSA) is 58.9 Å². The molecule has 0 bridgehead atoms. The predicted molar refractivity (Wildman–Crippen MR) is 153 cm³/mol. The van der Waals surface area contributed by atoms with Gasteiger partial charge in [0.1, 0.15) is 11.5 Å². The molecule has 2 N–H and O–H groups in total. The minimum Gasteiger partial charge on any atom is -0.507 e. The average molecular weight is 503 g/mol. The minimum absolute atomic E-state index is 0.148.